The third-order valence-corrected chi connectivity index (χ3v) is 4.59. The maximum absolute atomic E-state index is 11.1. The van der Waals surface area contributed by atoms with Gasteiger partial charge in [-0.3, -0.25) is 10.1 Å². The van der Waals surface area contributed by atoms with E-state index in [9.17, 15) is 10.1 Å². The summed E-state index contributed by atoms with van der Waals surface area (Å²) in [6, 6.07) is 5.22. The summed E-state index contributed by atoms with van der Waals surface area (Å²) in [5.74, 6) is 6.49. The van der Waals surface area contributed by atoms with Crippen LogP contribution >= 0.6 is 23.1 Å². The maximum atomic E-state index is 11.1. The minimum absolute atomic E-state index is 0.0781. The molecule has 0 saturated heterocycles. The molecule has 3 aromatic heterocycles. The molecule has 10 heteroatoms. The summed E-state index contributed by atoms with van der Waals surface area (Å²) in [6.45, 7) is 1.74. The van der Waals surface area contributed by atoms with Gasteiger partial charge >= 0.3 is 5.69 Å². The van der Waals surface area contributed by atoms with E-state index in [0.29, 0.717) is 16.5 Å². The van der Waals surface area contributed by atoms with Crippen LogP contribution in [0, 0.1) is 17.0 Å². The molecular weight excluding hydrogens is 324 g/mol. The summed E-state index contributed by atoms with van der Waals surface area (Å²) in [7, 11) is 0. The van der Waals surface area contributed by atoms with Crippen LogP contribution in [0.15, 0.2) is 40.0 Å². The average Bonchev–Trinajstić information content (AvgIpc) is 3.11. The predicted molar refractivity (Wildman–Crippen MR) is 83.2 cm³/mol. The molecule has 0 spiro atoms. The molecule has 3 aromatic rings. The van der Waals surface area contributed by atoms with Gasteiger partial charge in [0.05, 0.1) is 9.80 Å². The maximum Gasteiger partial charge on any atom is 0.302 e. The Kier molecular flexibility index (Phi) is 3.77. The van der Waals surface area contributed by atoms with Crippen LogP contribution in [0.3, 0.4) is 0 Å². The Morgan fingerprint density at radius 1 is 1.45 bits per heavy atom. The van der Waals surface area contributed by atoms with Crippen molar-refractivity contribution in [2.24, 2.45) is 0 Å². The van der Waals surface area contributed by atoms with Gasteiger partial charge in [-0.15, -0.1) is 21.5 Å². The molecule has 0 unspecified atom stereocenters. The molecule has 0 aliphatic heterocycles. The second kappa shape index (κ2) is 5.73. The van der Waals surface area contributed by atoms with Gasteiger partial charge in [0.25, 0.3) is 0 Å². The number of aromatic nitrogens is 4. The van der Waals surface area contributed by atoms with E-state index in [-0.39, 0.29) is 10.7 Å². The SMILES string of the molecule is Cc1cnc(Sc2nnc(-c3cccs3)n2N)c([N+](=O)[O-])c1. The Bertz CT molecular complexity index is 830. The first-order chi connectivity index (χ1) is 10.6. The molecule has 22 heavy (non-hydrogen) atoms. The highest BCUT2D eigenvalue weighted by molar-refractivity contribution is 7.99. The van der Waals surface area contributed by atoms with Crippen LogP contribution in [0.2, 0.25) is 0 Å². The number of aryl methyl sites for hydroxylation is 1. The Balaban J connectivity index is 1.96. The summed E-state index contributed by atoms with van der Waals surface area (Å²) in [4.78, 5) is 15.6. The highest BCUT2D eigenvalue weighted by Gasteiger charge is 2.21. The fraction of sp³-hybridized carbons (Fsp3) is 0.0833. The molecule has 2 N–H and O–H groups in total. The summed E-state index contributed by atoms with van der Waals surface area (Å²) in [6.07, 6.45) is 1.56. The lowest BCUT2D eigenvalue weighted by Crippen LogP contribution is -2.11. The largest absolute Gasteiger partial charge is 0.335 e. The molecule has 3 heterocycles. The molecule has 0 aliphatic carbocycles. The molecular formula is C12H10N6O2S2. The number of nitrogens with zero attached hydrogens (tertiary/aromatic N) is 5. The minimum Gasteiger partial charge on any atom is -0.335 e. The second-order valence-electron chi connectivity index (χ2n) is 4.35. The second-order valence-corrected chi connectivity index (χ2v) is 6.25. The Hall–Kier alpha value is -2.46. The number of nitro groups is 1. The standard InChI is InChI=1S/C12H10N6O2S2/c1-7-5-8(18(19)20)11(14-6-7)22-12-16-15-10(17(12)13)9-3-2-4-21-9/h2-6H,13H2,1H3. The first kappa shape index (κ1) is 14.5. The fourth-order valence-corrected chi connectivity index (χ4v) is 3.25. The highest BCUT2D eigenvalue weighted by Crippen LogP contribution is 2.33. The molecule has 112 valence electrons. The van der Waals surface area contributed by atoms with E-state index >= 15 is 0 Å². The van der Waals surface area contributed by atoms with Crippen molar-refractivity contribution in [1.29, 1.82) is 0 Å². The van der Waals surface area contributed by atoms with Crippen LogP contribution in [0.5, 0.6) is 0 Å². The molecule has 0 fully saturated rings. The topological polar surface area (TPSA) is 113 Å². The molecule has 8 nitrogen and oxygen atoms in total. The van der Waals surface area contributed by atoms with Gasteiger partial charge in [-0.2, -0.15) is 0 Å². The van der Waals surface area contributed by atoms with Gasteiger partial charge in [-0.25, -0.2) is 9.66 Å². The lowest BCUT2D eigenvalue weighted by molar-refractivity contribution is -0.388. The number of nitrogens with two attached hydrogens (primary N) is 1. The van der Waals surface area contributed by atoms with E-state index in [2.05, 4.69) is 15.2 Å². The number of rotatable bonds is 4. The van der Waals surface area contributed by atoms with E-state index < -0.39 is 4.92 Å². The van der Waals surface area contributed by atoms with Gasteiger partial charge < -0.3 is 5.84 Å². The third kappa shape index (κ3) is 2.65. The van der Waals surface area contributed by atoms with Gasteiger partial charge in [-0.1, -0.05) is 6.07 Å². The zero-order valence-electron chi connectivity index (χ0n) is 11.3. The van der Waals surface area contributed by atoms with Crippen LogP contribution in [-0.2, 0) is 0 Å². The van der Waals surface area contributed by atoms with Gasteiger partial charge in [-0.05, 0) is 35.7 Å². The third-order valence-electron chi connectivity index (χ3n) is 2.76. The van der Waals surface area contributed by atoms with Gasteiger partial charge in [0.15, 0.2) is 10.9 Å². The van der Waals surface area contributed by atoms with Crippen molar-refractivity contribution in [1.82, 2.24) is 19.9 Å². The van der Waals surface area contributed by atoms with Crippen molar-refractivity contribution in [3.05, 3.63) is 45.5 Å². The number of nitrogen functional groups attached to an aromatic ring is 1. The summed E-state index contributed by atoms with van der Waals surface area (Å²) < 4.78 is 1.31. The quantitative estimate of drug-likeness (QED) is 0.443. The van der Waals surface area contributed by atoms with E-state index in [0.717, 1.165) is 16.6 Å². The normalized spacial score (nSPS) is 10.8. The zero-order valence-corrected chi connectivity index (χ0v) is 13.0. The molecule has 0 aromatic carbocycles. The van der Waals surface area contributed by atoms with E-state index in [1.807, 2.05) is 17.5 Å². The molecule has 0 aliphatic rings. The van der Waals surface area contributed by atoms with Crippen molar-refractivity contribution in [3.8, 4) is 10.7 Å². The fourth-order valence-electron chi connectivity index (χ4n) is 1.76. The summed E-state index contributed by atoms with van der Waals surface area (Å²) >= 11 is 2.50. The summed E-state index contributed by atoms with van der Waals surface area (Å²) in [5.41, 5.74) is 0.634. The number of pyridine rings is 1. The number of hydrogen-bond donors (Lipinski definition) is 1. The number of hydrogen-bond acceptors (Lipinski definition) is 8. The Labute approximate surface area is 133 Å². The molecule has 0 saturated carbocycles. The highest BCUT2D eigenvalue weighted by atomic mass is 32.2. The monoisotopic (exact) mass is 334 g/mol. The molecule has 0 atom stereocenters. The Morgan fingerprint density at radius 2 is 2.27 bits per heavy atom. The van der Waals surface area contributed by atoms with Crippen LogP contribution < -0.4 is 5.84 Å². The van der Waals surface area contributed by atoms with E-state index in [4.69, 9.17) is 5.84 Å². The van der Waals surface area contributed by atoms with Crippen molar-refractivity contribution in [3.63, 3.8) is 0 Å². The molecule has 0 bridgehead atoms. The Morgan fingerprint density at radius 3 is 2.95 bits per heavy atom. The zero-order chi connectivity index (χ0) is 15.7. The summed E-state index contributed by atoms with van der Waals surface area (Å²) in [5, 5.41) is 21.6. The first-order valence-corrected chi connectivity index (χ1v) is 7.79. The molecule has 0 radical (unpaired) electrons. The molecule has 0 amide bonds. The predicted octanol–water partition coefficient (Wildman–Crippen LogP) is 2.48. The van der Waals surface area contributed by atoms with Crippen LogP contribution in [0.4, 0.5) is 5.69 Å². The lowest BCUT2D eigenvalue weighted by Gasteiger charge is -2.03. The van der Waals surface area contributed by atoms with Gasteiger partial charge in [0, 0.05) is 12.3 Å². The minimum atomic E-state index is -0.472. The van der Waals surface area contributed by atoms with Crippen molar-refractivity contribution in [2.45, 2.75) is 17.1 Å². The smallest absolute Gasteiger partial charge is 0.302 e. The van der Waals surface area contributed by atoms with Crippen molar-refractivity contribution < 1.29 is 4.92 Å². The van der Waals surface area contributed by atoms with Crippen molar-refractivity contribution in [2.75, 3.05) is 5.84 Å². The number of thiophene rings is 1. The van der Waals surface area contributed by atoms with Crippen LogP contribution in [0.1, 0.15) is 5.56 Å². The van der Waals surface area contributed by atoms with Crippen LogP contribution in [-0.4, -0.2) is 24.8 Å². The van der Waals surface area contributed by atoms with Gasteiger partial charge in [0.1, 0.15) is 0 Å². The lowest BCUT2D eigenvalue weighted by atomic mass is 10.3. The van der Waals surface area contributed by atoms with E-state index in [1.165, 1.54) is 22.1 Å². The van der Waals surface area contributed by atoms with E-state index in [1.54, 1.807) is 13.1 Å². The molecule has 3 rings (SSSR count). The first-order valence-electron chi connectivity index (χ1n) is 6.09. The van der Waals surface area contributed by atoms with Gasteiger partial charge in [0.2, 0.25) is 5.16 Å². The van der Waals surface area contributed by atoms with Crippen molar-refractivity contribution >= 4 is 28.8 Å². The average molecular weight is 334 g/mol. The van der Waals surface area contributed by atoms with Crippen LogP contribution in [0.25, 0.3) is 10.7 Å².